The number of esters is 1. The van der Waals surface area contributed by atoms with Crippen LogP contribution in [0, 0.1) is 0 Å². The standard InChI is InChI=1S/C17H16O2/c1-17(2,3)19-16(18)14-10-9-12-8-7-11-5-4-6-13(14)15(11)12/h4-10H,1-3H3. The smallest absolute Gasteiger partial charge is 0.339 e. The van der Waals surface area contributed by atoms with E-state index in [1.54, 1.807) is 0 Å². The summed E-state index contributed by atoms with van der Waals surface area (Å²) >= 11 is 0. The molecule has 0 atom stereocenters. The molecule has 0 N–H and O–H groups in total. The highest BCUT2D eigenvalue weighted by Crippen LogP contribution is 2.33. The Morgan fingerprint density at radius 2 is 1.68 bits per heavy atom. The Morgan fingerprint density at radius 1 is 1.00 bits per heavy atom. The number of hydrogen-bond donors (Lipinski definition) is 0. The van der Waals surface area contributed by atoms with Crippen LogP contribution in [0.1, 0.15) is 42.3 Å². The van der Waals surface area contributed by atoms with E-state index in [2.05, 4.69) is 18.2 Å². The summed E-state index contributed by atoms with van der Waals surface area (Å²) in [5.74, 6) is -0.261. The number of rotatable bonds is 1. The van der Waals surface area contributed by atoms with Crippen molar-refractivity contribution in [3.63, 3.8) is 0 Å². The number of benzene rings is 2. The Bertz CT molecular complexity index is 691. The van der Waals surface area contributed by atoms with Gasteiger partial charge in [-0.15, -0.1) is 0 Å². The van der Waals surface area contributed by atoms with Crippen molar-refractivity contribution in [3.05, 3.63) is 47.0 Å². The van der Waals surface area contributed by atoms with Gasteiger partial charge in [0, 0.05) is 0 Å². The van der Waals surface area contributed by atoms with Gasteiger partial charge in [0.1, 0.15) is 5.60 Å². The fraction of sp³-hybridized carbons (Fsp3) is 0.235. The van der Waals surface area contributed by atoms with E-state index in [0.717, 1.165) is 21.9 Å². The van der Waals surface area contributed by atoms with Gasteiger partial charge in [-0.2, -0.15) is 0 Å². The number of hydrogen-bond acceptors (Lipinski definition) is 2. The SMILES string of the molecule is CC(C)(C)OC(=O)c1ccc2c3c(cccc13)C=C2. The van der Waals surface area contributed by atoms with Crippen LogP contribution in [0.5, 0.6) is 0 Å². The summed E-state index contributed by atoms with van der Waals surface area (Å²) in [6.45, 7) is 5.64. The monoisotopic (exact) mass is 252 g/mol. The van der Waals surface area contributed by atoms with Crippen molar-refractivity contribution >= 4 is 28.9 Å². The van der Waals surface area contributed by atoms with Crippen LogP contribution in [-0.4, -0.2) is 11.6 Å². The van der Waals surface area contributed by atoms with E-state index in [4.69, 9.17) is 4.74 Å². The molecule has 1 aliphatic rings. The Labute approximate surface area is 112 Å². The second-order valence-electron chi connectivity index (χ2n) is 5.81. The minimum absolute atomic E-state index is 0.261. The summed E-state index contributed by atoms with van der Waals surface area (Å²) in [4.78, 5) is 12.3. The van der Waals surface area contributed by atoms with Crippen molar-refractivity contribution in [1.29, 1.82) is 0 Å². The van der Waals surface area contributed by atoms with Crippen molar-refractivity contribution in [1.82, 2.24) is 0 Å². The zero-order valence-electron chi connectivity index (χ0n) is 11.4. The van der Waals surface area contributed by atoms with Gasteiger partial charge in [-0.3, -0.25) is 0 Å². The summed E-state index contributed by atoms with van der Waals surface area (Å²) in [6.07, 6.45) is 4.16. The van der Waals surface area contributed by atoms with Crippen LogP contribution in [0.2, 0.25) is 0 Å². The average Bonchev–Trinajstić information content (AvgIpc) is 2.73. The summed E-state index contributed by atoms with van der Waals surface area (Å²) < 4.78 is 5.47. The zero-order chi connectivity index (χ0) is 13.6. The van der Waals surface area contributed by atoms with E-state index in [1.165, 1.54) is 0 Å². The van der Waals surface area contributed by atoms with Crippen molar-refractivity contribution in [2.75, 3.05) is 0 Å². The molecule has 96 valence electrons. The topological polar surface area (TPSA) is 26.3 Å². The van der Waals surface area contributed by atoms with Gasteiger partial charge in [0.25, 0.3) is 0 Å². The zero-order valence-corrected chi connectivity index (χ0v) is 11.4. The van der Waals surface area contributed by atoms with E-state index in [9.17, 15) is 4.79 Å². The third-order valence-electron chi connectivity index (χ3n) is 3.17. The number of ether oxygens (including phenoxy) is 1. The van der Waals surface area contributed by atoms with E-state index in [0.29, 0.717) is 5.56 Å². The molecule has 0 radical (unpaired) electrons. The molecule has 0 heterocycles. The number of carbonyl (C=O) groups excluding carboxylic acids is 1. The van der Waals surface area contributed by atoms with Crippen LogP contribution < -0.4 is 0 Å². The Kier molecular flexibility index (Phi) is 2.49. The van der Waals surface area contributed by atoms with Gasteiger partial charge in [-0.25, -0.2) is 4.79 Å². The maximum absolute atomic E-state index is 12.3. The molecule has 0 bridgehead atoms. The van der Waals surface area contributed by atoms with Crippen molar-refractivity contribution in [2.45, 2.75) is 26.4 Å². The second-order valence-corrected chi connectivity index (χ2v) is 5.81. The lowest BCUT2D eigenvalue weighted by atomic mass is 9.99. The van der Waals surface area contributed by atoms with Crippen LogP contribution in [0.3, 0.4) is 0 Å². The molecule has 1 aliphatic carbocycles. The van der Waals surface area contributed by atoms with Crippen LogP contribution in [-0.2, 0) is 4.74 Å². The summed E-state index contributed by atoms with van der Waals surface area (Å²) in [6, 6.07) is 9.85. The minimum atomic E-state index is -0.474. The fourth-order valence-corrected chi connectivity index (χ4v) is 2.43. The fourth-order valence-electron chi connectivity index (χ4n) is 2.43. The first-order valence-electron chi connectivity index (χ1n) is 6.43. The predicted octanol–water partition coefficient (Wildman–Crippen LogP) is 4.28. The third-order valence-corrected chi connectivity index (χ3v) is 3.17. The Hall–Kier alpha value is -2.09. The summed E-state index contributed by atoms with van der Waals surface area (Å²) in [5, 5.41) is 2.11. The lowest BCUT2D eigenvalue weighted by Crippen LogP contribution is -2.24. The maximum atomic E-state index is 12.3. The largest absolute Gasteiger partial charge is 0.456 e. The minimum Gasteiger partial charge on any atom is -0.456 e. The molecule has 2 heteroatoms. The van der Waals surface area contributed by atoms with Crippen molar-refractivity contribution in [3.8, 4) is 0 Å². The van der Waals surface area contributed by atoms with E-state index in [-0.39, 0.29) is 5.97 Å². The molecule has 0 spiro atoms. The van der Waals surface area contributed by atoms with Crippen LogP contribution in [0.15, 0.2) is 30.3 Å². The normalized spacial score (nSPS) is 13.0. The van der Waals surface area contributed by atoms with Crippen molar-refractivity contribution in [2.24, 2.45) is 0 Å². The summed E-state index contributed by atoms with van der Waals surface area (Å²) in [7, 11) is 0. The Morgan fingerprint density at radius 3 is 2.37 bits per heavy atom. The molecule has 19 heavy (non-hydrogen) atoms. The first-order valence-corrected chi connectivity index (χ1v) is 6.43. The van der Waals surface area contributed by atoms with Crippen LogP contribution in [0.25, 0.3) is 22.9 Å². The molecule has 2 nitrogen and oxygen atoms in total. The lowest BCUT2D eigenvalue weighted by Gasteiger charge is -2.20. The molecule has 3 rings (SSSR count). The molecule has 0 aliphatic heterocycles. The lowest BCUT2D eigenvalue weighted by molar-refractivity contribution is 0.00719. The molecule has 0 aromatic heterocycles. The highest BCUT2D eigenvalue weighted by molar-refractivity contribution is 6.12. The maximum Gasteiger partial charge on any atom is 0.339 e. The highest BCUT2D eigenvalue weighted by Gasteiger charge is 2.21. The Balaban J connectivity index is 2.15. The molecule has 2 aromatic carbocycles. The highest BCUT2D eigenvalue weighted by atomic mass is 16.6. The quantitative estimate of drug-likeness (QED) is 0.604. The van der Waals surface area contributed by atoms with E-state index < -0.39 is 5.60 Å². The van der Waals surface area contributed by atoms with Crippen molar-refractivity contribution < 1.29 is 9.53 Å². The van der Waals surface area contributed by atoms with Gasteiger partial charge in [0.2, 0.25) is 0 Å². The summed E-state index contributed by atoms with van der Waals surface area (Å²) in [5.41, 5.74) is 2.49. The molecule has 2 aromatic rings. The third kappa shape index (κ3) is 2.03. The molecular weight excluding hydrogens is 236 g/mol. The van der Waals surface area contributed by atoms with Crippen LogP contribution >= 0.6 is 0 Å². The van der Waals surface area contributed by atoms with Gasteiger partial charge in [-0.1, -0.05) is 36.4 Å². The van der Waals surface area contributed by atoms with Gasteiger partial charge in [0.15, 0.2) is 0 Å². The van der Waals surface area contributed by atoms with Gasteiger partial charge in [0.05, 0.1) is 5.56 Å². The first-order chi connectivity index (χ1) is 8.96. The molecule has 0 fully saturated rings. The average molecular weight is 252 g/mol. The van der Waals surface area contributed by atoms with Gasteiger partial charge < -0.3 is 4.74 Å². The predicted molar refractivity (Wildman–Crippen MR) is 78.0 cm³/mol. The van der Waals surface area contributed by atoms with E-state index in [1.807, 2.05) is 45.0 Å². The molecular formula is C17H16O2. The number of carbonyl (C=O) groups is 1. The first kappa shape index (κ1) is 12.0. The molecule has 0 saturated carbocycles. The molecule has 0 unspecified atom stereocenters. The van der Waals surface area contributed by atoms with E-state index >= 15 is 0 Å². The van der Waals surface area contributed by atoms with Crippen LogP contribution in [0.4, 0.5) is 0 Å². The van der Waals surface area contributed by atoms with Gasteiger partial charge >= 0.3 is 5.97 Å². The molecule has 0 amide bonds. The second kappa shape index (κ2) is 3.95. The van der Waals surface area contributed by atoms with Gasteiger partial charge in [-0.05, 0) is 48.7 Å². The molecule has 0 saturated heterocycles.